The van der Waals surface area contributed by atoms with Gasteiger partial charge in [0.1, 0.15) is 16.5 Å². The largest absolute Gasteiger partial charge is 0.352 e. The standard InChI is InChI=1S/C27H35N5OS/c1-18-29-24(23-21-11-10-20(27(2,3)4)16-22(21)34-25(23)30-18)31-12-14-32(15-13-31)26(33)28-17-19-8-6-5-7-9-19/h5-9,20H,10-17H2,1-4H3,(H,28,33)/t20-/m0/s1. The van der Waals surface area contributed by atoms with E-state index in [1.807, 2.05) is 53.5 Å². The van der Waals surface area contributed by atoms with E-state index in [1.54, 1.807) is 0 Å². The summed E-state index contributed by atoms with van der Waals surface area (Å²) in [6, 6.07) is 10.1. The molecule has 1 fully saturated rings. The first kappa shape index (κ1) is 23.1. The minimum absolute atomic E-state index is 0.00801. The second-order valence-electron chi connectivity index (χ2n) is 10.7. The molecule has 1 aliphatic carbocycles. The molecule has 0 bridgehead atoms. The van der Waals surface area contributed by atoms with Crippen LogP contribution in [0.25, 0.3) is 10.2 Å². The molecule has 6 nitrogen and oxygen atoms in total. The average Bonchev–Trinajstić information content (AvgIpc) is 3.19. The molecule has 5 rings (SSSR count). The van der Waals surface area contributed by atoms with Crippen LogP contribution in [-0.2, 0) is 19.4 Å². The predicted octanol–water partition coefficient (Wildman–Crippen LogP) is 5.18. The first-order valence-corrected chi connectivity index (χ1v) is 13.2. The minimum atomic E-state index is 0.00801. The van der Waals surface area contributed by atoms with Gasteiger partial charge in [0.15, 0.2) is 0 Å². The number of carbonyl (C=O) groups excluding carboxylic acids is 1. The average molecular weight is 478 g/mol. The van der Waals surface area contributed by atoms with Gasteiger partial charge in [-0.25, -0.2) is 14.8 Å². The Morgan fingerprint density at radius 3 is 2.56 bits per heavy atom. The lowest BCUT2D eigenvalue weighted by Gasteiger charge is -2.36. The molecule has 0 radical (unpaired) electrons. The molecule has 0 saturated carbocycles. The molecule has 0 spiro atoms. The molecule has 0 unspecified atom stereocenters. The maximum Gasteiger partial charge on any atom is 0.317 e. The molecule has 3 heterocycles. The number of hydrogen-bond acceptors (Lipinski definition) is 5. The van der Waals surface area contributed by atoms with Gasteiger partial charge in [-0.1, -0.05) is 51.1 Å². The van der Waals surface area contributed by atoms with Crippen molar-refractivity contribution in [2.24, 2.45) is 11.3 Å². The third kappa shape index (κ3) is 4.63. The number of aryl methyl sites for hydroxylation is 2. The van der Waals surface area contributed by atoms with Gasteiger partial charge >= 0.3 is 6.03 Å². The van der Waals surface area contributed by atoms with Crippen molar-refractivity contribution in [3.8, 4) is 0 Å². The van der Waals surface area contributed by atoms with Crippen molar-refractivity contribution in [1.82, 2.24) is 20.2 Å². The molecule has 2 amide bonds. The van der Waals surface area contributed by atoms with E-state index in [9.17, 15) is 4.79 Å². The Labute approximate surface area is 206 Å². The van der Waals surface area contributed by atoms with Gasteiger partial charge in [0.2, 0.25) is 0 Å². The van der Waals surface area contributed by atoms with Gasteiger partial charge in [-0.3, -0.25) is 0 Å². The monoisotopic (exact) mass is 477 g/mol. The molecule has 2 aliphatic rings. The Balaban J connectivity index is 1.31. The molecule has 1 aromatic carbocycles. The van der Waals surface area contributed by atoms with Crippen LogP contribution < -0.4 is 10.2 Å². The number of fused-ring (bicyclic) bond motifs is 3. The van der Waals surface area contributed by atoms with Crippen LogP contribution in [0.5, 0.6) is 0 Å². The van der Waals surface area contributed by atoms with Gasteiger partial charge in [0.05, 0.1) is 5.39 Å². The molecular formula is C27H35N5OS. The molecular weight excluding hydrogens is 442 g/mol. The lowest BCUT2D eigenvalue weighted by molar-refractivity contribution is 0.194. The number of benzene rings is 1. The number of nitrogens with zero attached hydrogens (tertiary/aromatic N) is 4. The minimum Gasteiger partial charge on any atom is -0.352 e. The van der Waals surface area contributed by atoms with E-state index in [4.69, 9.17) is 9.97 Å². The molecule has 1 aliphatic heterocycles. The number of urea groups is 1. The lowest BCUT2D eigenvalue weighted by atomic mass is 9.72. The first-order valence-electron chi connectivity index (χ1n) is 12.4. The fourth-order valence-electron chi connectivity index (χ4n) is 5.24. The molecule has 180 valence electrons. The zero-order chi connectivity index (χ0) is 23.9. The van der Waals surface area contributed by atoms with Gasteiger partial charge in [0.25, 0.3) is 0 Å². The molecule has 1 N–H and O–H groups in total. The fraction of sp³-hybridized carbons (Fsp3) is 0.519. The van der Waals surface area contributed by atoms with Crippen molar-refractivity contribution < 1.29 is 4.79 Å². The summed E-state index contributed by atoms with van der Waals surface area (Å²) in [4.78, 5) is 29.4. The van der Waals surface area contributed by atoms with Crippen molar-refractivity contribution in [1.29, 1.82) is 0 Å². The number of piperazine rings is 1. The quantitative estimate of drug-likeness (QED) is 0.564. The summed E-state index contributed by atoms with van der Waals surface area (Å²) in [6.45, 7) is 12.6. The number of amides is 2. The summed E-state index contributed by atoms with van der Waals surface area (Å²) in [5, 5.41) is 4.32. The molecule has 7 heteroatoms. The number of aromatic nitrogens is 2. The zero-order valence-electron chi connectivity index (χ0n) is 20.7. The van der Waals surface area contributed by atoms with Crippen LogP contribution in [0.1, 0.15) is 49.0 Å². The third-order valence-corrected chi connectivity index (χ3v) is 8.53. The summed E-state index contributed by atoms with van der Waals surface area (Å²) < 4.78 is 0. The van der Waals surface area contributed by atoms with Crippen molar-refractivity contribution in [2.45, 2.75) is 53.5 Å². The SMILES string of the molecule is Cc1nc(N2CCN(C(=O)NCc3ccccc3)CC2)c2c3c(sc2n1)C[C@@H](C(C)(C)C)CC3. The molecule has 1 atom stereocenters. The van der Waals surface area contributed by atoms with Crippen molar-refractivity contribution >= 4 is 33.4 Å². The van der Waals surface area contributed by atoms with E-state index in [-0.39, 0.29) is 6.03 Å². The Morgan fingerprint density at radius 2 is 1.85 bits per heavy atom. The van der Waals surface area contributed by atoms with Gasteiger partial charge in [-0.15, -0.1) is 11.3 Å². The third-order valence-electron chi connectivity index (χ3n) is 7.38. The second kappa shape index (κ2) is 9.17. The van der Waals surface area contributed by atoms with Crippen LogP contribution in [-0.4, -0.2) is 47.1 Å². The lowest BCUT2D eigenvalue weighted by Crippen LogP contribution is -2.52. The fourth-order valence-corrected chi connectivity index (χ4v) is 6.58. The highest BCUT2D eigenvalue weighted by Gasteiger charge is 2.33. The van der Waals surface area contributed by atoms with Gasteiger partial charge in [-0.05, 0) is 48.6 Å². The van der Waals surface area contributed by atoms with Crippen LogP contribution in [0.4, 0.5) is 10.6 Å². The maximum absolute atomic E-state index is 12.7. The normalized spacial score (nSPS) is 18.8. The number of thiophene rings is 1. The highest BCUT2D eigenvalue weighted by Crippen LogP contribution is 2.45. The highest BCUT2D eigenvalue weighted by atomic mass is 32.1. The molecule has 34 heavy (non-hydrogen) atoms. The van der Waals surface area contributed by atoms with E-state index in [1.165, 1.54) is 22.2 Å². The van der Waals surface area contributed by atoms with Gasteiger partial charge in [-0.2, -0.15) is 0 Å². The molecule has 1 saturated heterocycles. The number of anilines is 1. The van der Waals surface area contributed by atoms with Crippen molar-refractivity contribution in [2.75, 3.05) is 31.1 Å². The van der Waals surface area contributed by atoms with Crippen LogP contribution in [0.15, 0.2) is 30.3 Å². The summed E-state index contributed by atoms with van der Waals surface area (Å²) >= 11 is 1.87. The second-order valence-corrected chi connectivity index (χ2v) is 11.8. The van der Waals surface area contributed by atoms with E-state index >= 15 is 0 Å². The number of rotatable bonds is 3. The molecule has 2 aromatic heterocycles. The first-order chi connectivity index (χ1) is 16.3. The Kier molecular flexibility index (Phi) is 6.23. The van der Waals surface area contributed by atoms with Crippen molar-refractivity contribution in [3.05, 3.63) is 52.2 Å². The Morgan fingerprint density at radius 1 is 1.12 bits per heavy atom. The number of carbonyl (C=O) groups is 1. The number of nitrogens with one attached hydrogen (secondary N) is 1. The topological polar surface area (TPSA) is 61.4 Å². The zero-order valence-corrected chi connectivity index (χ0v) is 21.5. The number of hydrogen-bond donors (Lipinski definition) is 1. The van der Waals surface area contributed by atoms with E-state index in [0.29, 0.717) is 31.0 Å². The van der Waals surface area contributed by atoms with E-state index in [0.717, 1.165) is 48.0 Å². The predicted molar refractivity (Wildman–Crippen MR) is 140 cm³/mol. The smallest absolute Gasteiger partial charge is 0.317 e. The van der Waals surface area contributed by atoms with Crippen LogP contribution in [0.3, 0.4) is 0 Å². The highest BCUT2D eigenvalue weighted by molar-refractivity contribution is 7.19. The van der Waals surface area contributed by atoms with Crippen LogP contribution >= 0.6 is 11.3 Å². The van der Waals surface area contributed by atoms with E-state index < -0.39 is 0 Å². The summed E-state index contributed by atoms with van der Waals surface area (Å²) in [6.07, 6.45) is 3.48. The summed E-state index contributed by atoms with van der Waals surface area (Å²) in [7, 11) is 0. The summed E-state index contributed by atoms with van der Waals surface area (Å²) in [5.74, 6) is 2.61. The van der Waals surface area contributed by atoms with E-state index in [2.05, 4.69) is 31.0 Å². The van der Waals surface area contributed by atoms with Gasteiger partial charge < -0.3 is 15.1 Å². The Hall–Kier alpha value is -2.67. The van der Waals surface area contributed by atoms with Gasteiger partial charge in [0, 0.05) is 37.6 Å². The van der Waals surface area contributed by atoms with Crippen molar-refractivity contribution in [3.63, 3.8) is 0 Å². The molecule has 3 aromatic rings. The summed E-state index contributed by atoms with van der Waals surface area (Å²) in [5.41, 5.74) is 2.91. The van der Waals surface area contributed by atoms with Crippen LogP contribution in [0.2, 0.25) is 0 Å². The Bertz CT molecular complexity index is 1180. The van der Waals surface area contributed by atoms with Crippen LogP contribution in [0, 0.1) is 18.3 Å². The maximum atomic E-state index is 12.7.